The van der Waals surface area contributed by atoms with Crippen molar-refractivity contribution in [3.05, 3.63) is 41.6 Å². The molecule has 2 aromatic rings. The third kappa shape index (κ3) is 2.30. The standard InChI is InChI=1S/C11H10F2N4/c1-6-2-3-7(12)10(9(6)13)17-11-15-5-4-8(14)16-11/h2-5H,1H3,(H3,14,15,16,17). The normalized spacial score (nSPS) is 10.3. The van der Waals surface area contributed by atoms with Crippen molar-refractivity contribution >= 4 is 17.5 Å². The van der Waals surface area contributed by atoms with E-state index in [1.807, 2.05) is 0 Å². The first-order chi connectivity index (χ1) is 8.08. The lowest BCUT2D eigenvalue weighted by Crippen LogP contribution is -2.04. The zero-order valence-corrected chi connectivity index (χ0v) is 9.04. The lowest BCUT2D eigenvalue weighted by molar-refractivity contribution is 0.584. The molecule has 0 spiro atoms. The summed E-state index contributed by atoms with van der Waals surface area (Å²) in [5.74, 6) is -1.11. The molecule has 0 fully saturated rings. The van der Waals surface area contributed by atoms with Gasteiger partial charge in [-0.25, -0.2) is 13.8 Å². The number of nitrogen functional groups attached to an aromatic ring is 1. The molecule has 1 aromatic heterocycles. The monoisotopic (exact) mass is 236 g/mol. The van der Waals surface area contributed by atoms with E-state index in [1.165, 1.54) is 24.4 Å². The summed E-state index contributed by atoms with van der Waals surface area (Å²) in [6, 6.07) is 4.01. The molecule has 1 heterocycles. The smallest absolute Gasteiger partial charge is 0.229 e. The number of halogens is 2. The fourth-order valence-electron chi connectivity index (χ4n) is 1.32. The predicted octanol–water partition coefficient (Wildman–Crippen LogP) is 2.39. The van der Waals surface area contributed by atoms with Crippen LogP contribution in [0.15, 0.2) is 24.4 Å². The molecule has 3 N–H and O–H groups in total. The van der Waals surface area contributed by atoms with Gasteiger partial charge in [-0.1, -0.05) is 6.07 Å². The zero-order valence-electron chi connectivity index (χ0n) is 9.04. The van der Waals surface area contributed by atoms with Crippen LogP contribution < -0.4 is 11.1 Å². The maximum Gasteiger partial charge on any atom is 0.229 e. The fourth-order valence-corrected chi connectivity index (χ4v) is 1.32. The predicted molar refractivity (Wildman–Crippen MR) is 60.8 cm³/mol. The van der Waals surface area contributed by atoms with Crippen molar-refractivity contribution in [3.8, 4) is 0 Å². The first-order valence-electron chi connectivity index (χ1n) is 4.88. The Morgan fingerprint density at radius 2 is 2.00 bits per heavy atom. The summed E-state index contributed by atoms with van der Waals surface area (Å²) < 4.78 is 27.1. The van der Waals surface area contributed by atoms with E-state index in [-0.39, 0.29) is 17.5 Å². The molecule has 4 nitrogen and oxygen atoms in total. The van der Waals surface area contributed by atoms with Crippen LogP contribution in [0.5, 0.6) is 0 Å². The Bertz CT molecular complexity index is 557. The second kappa shape index (κ2) is 4.32. The van der Waals surface area contributed by atoms with Crippen LogP contribution in [0.1, 0.15) is 5.56 Å². The summed E-state index contributed by atoms with van der Waals surface area (Å²) in [4.78, 5) is 7.61. The van der Waals surface area contributed by atoms with Crippen LogP contribution in [0.4, 0.5) is 26.2 Å². The van der Waals surface area contributed by atoms with Gasteiger partial charge < -0.3 is 11.1 Å². The van der Waals surface area contributed by atoms with Gasteiger partial charge in [-0.3, -0.25) is 0 Å². The molecule has 17 heavy (non-hydrogen) atoms. The molecule has 0 saturated carbocycles. The average Bonchev–Trinajstić information content (AvgIpc) is 2.30. The van der Waals surface area contributed by atoms with Gasteiger partial charge in [0.05, 0.1) is 0 Å². The third-order valence-corrected chi connectivity index (χ3v) is 2.20. The van der Waals surface area contributed by atoms with Crippen LogP contribution in [-0.4, -0.2) is 9.97 Å². The maximum absolute atomic E-state index is 13.7. The summed E-state index contributed by atoms with van der Waals surface area (Å²) >= 11 is 0. The molecular weight excluding hydrogens is 226 g/mol. The van der Waals surface area contributed by atoms with E-state index < -0.39 is 11.6 Å². The van der Waals surface area contributed by atoms with Crippen molar-refractivity contribution in [1.82, 2.24) is 9.97 Å². The van der Waals surface area contributed by atoms with Crippen LogP contribution >= 0.6 is 0 Å². The summed E-state index contributed by atoms with van der Waals surface area (Å²) in [5, 5.41) is 2.47. The first kappa shape index (κ1) is 11.3. The Morgan fingerprint density at radius 1 is 1.24 bits per heavy atom. The molecule has 0 aliphatic heterocycles. The van der Waals surface area contributed by atoms with Crippen molar-refractivity contribution in [2.75, 3.05) is 11.1 Å². The van der Waals surface area contributed by atoms with Gasteiger partial charge in [0.2, 0.25) is 5.95 Å². The minimum atomic E-state index is -0.709. The molecule has 88 valence electrons. The van der Waals surface area contributed by atoms with Crippen molar-refractivity contribution in [3.63, 3.8) is 0 Å². The van der Waals surface area contributed by atoms with Gasteiger partial charge >= 0.3 is 0 Å². The number of rotatable bonds is 2. The van der Waals surface area contributed by atoms with Crippen LogP contribution in [0.25, 0.3) is 0 Å². The van der Waals surface area contributed by atoms with Crippen molar-refractivity contribution in [2.45, 2.75) is 6.92 Å². The molecule has 0 aliphatic rings. The van der Waals surface area contributed by atoms with E-state index in [0.29, 0.717) is 5.56 Å². The number of hydrogen-bond donors (Lipinski definition) is 2. The third-order valence-electron chi connectivity index (χ3n) is 2.20. The first-order valence-corrected chi connectivity index (χ1v) is 4.88. The Labute approximate surface area is 96.5 Å². The Kier molecular flexibility index (Phi) is 2.86. The van der Waals surface area contributed by atoms with Crippen molar-refractivity contribution < 1.29 is 8.78 Å². The number of nitrogens with zero attached hydrogens (tertiary/aromatic N) is 2. The van der Waals surface area contributed by atoms with E-state index in [9.17, 15) is 8.78 Å². The molecule has 0 atom stereocenters. The molecule has 0 aliphatic carbocycles. The van der Waals surface area contributed by atoms with E-state index in [4.69, 9.17) is 5.73 Å². The Morgan fingerprint density at radius 3 is 2.71 bits per heavy atom. The number of anilines is 3. The van der Waals surface area contributed by atoms with Gasteiger partial charge in [0.15, 0.2) is 5.82 Å². The van der Waals surface area contributed by atoms with Gasteiger partial charge in [0.1, 0.15) is 17.3 Å². The molecule has 6 heteroatoms. The summed E-state index contributed by atoms with van der Waals surface area (Å²) in [6.45, 7) is 1.54. The van der Waals surface area contributed by atoms with E-state index in [1.54, 1.807) is 6.92 Å². The van der Waals surface area contributed by atoms with Gasteiger partial charge in [0, 0.05) is 6.20 Å². The number of benzene rings is 1. The lowest BCUT2D eigenvalue weighted by Gasteiger charge is -2.08. The van der Waals surface area contributed by atoms with Gasteiger partial charge in [-0.2, -0.15) is 4.98 Å². The van der Waals surface area contributed by atoms with Gasteiger partial charge in [-0.15, -0.1) is 0 Å². The number of hydrogen-bond acceptors (Lipinski definition) is 4. The molecule has 0 unspecified atom stereocenters. The van der Waals surface area contributed by atoms with E-state index >= 15 is 0 Å². The highest BCUT2D eigenvalue weighted by atomic mass is 19.1. The number of aromatic nitrogens is 2. The molecule has 0 amide bonds. The SMILES string of the molecule is Cc1ccc(F)c(Nc2nccc(N)n2)c1F. The second-order valence-electron chi connectivity index (χ2n) is 3.48. The van der Waals surface area contributed by atoms with E-state index in [2.05, 4.69) is 15.3 Å². The van der Waals surface area contributed by atoms with Crippen LogP contribution in [0.2, 0.25) is 0 Å². The zero-order chi connectivity index (χ0) is 12.4. The molecule has 0 radical (unpaired) electrons. The summed E-state index contributed by atoms with van der Waals surface area (Å²) in [6.07, 6.45) is 1.40. The Balaban J connectivity index is 2.39. The topological polar surface area (TPSA) is 63.8 Å². The van der Waals surface area contributed by atoms with Gasteiger partial charge in [0.25, 0.3) is 0 Å². The number of aryl methyl sites for hydroxylation is 1. The molecule has 0 bridgehead atoms. The minimum Gasteiger partial charge on any atom is -0.384 e. The van der Waals surface area contributed by atoms with Crippen LogP contribution in [0, 0.1) is 18.6 Å². The lowest BCUT2D eigenvalue weighted by atomic mass is 10.2. The second-order valence-corrected chi connectivity index (χ2v) is 3.48. The summed E-state index contributed by atoms with van der Waals surface area (Å²) in [7, 11) is 0. The molecule has 2 rings (SSSR count). The molecule has 0 saturated heterocycles. The van der Waals surface area contributed by atoms with Crippen LogP contribution in [0.3, 0.4) is 0 Å². The largest absolute Gasteiger partial charge is 0.384 e. The Hall–Kier alpha value is -2.24. The summed E-state index contributed by atoms with van der Waals surface area (Å²) in [5.41, 5.74) is 5.49. The van der Waals surface area contributed by atoms with E-state index in [0.717, 1.165) is 0 Å². The highest BCUT2D eigenvalue weighted by molar-refractivity contribution is 5.57. The number of nitrogens with one attached hydrogen (secondary N) is 1. The average molecular weight is 236 g/mol. The van der Waals surface area contributed by atoms with Crippen molar-refractivity contribution in [2.24, 2.45) is 0 Å². The molecular formula is C11H10F2N4. The fraction of sp³-hybridized carbons (Fsp3) is 0.0909. The quantitative estimate of drug-likeness (QED) is 0.840. The maximum atomic E-state index is 13.7. The number of nitrogens with two attached hydrogens (primary N) is 1. The molecule has 1 aromatic carbocycles. The van der Waals surface area contributed by atoms with Gasteiger partial charge in [-0.05, 0) is 24.6 Å². The highest BCUT2D eigenvalue weighted by Gasteiger charge is 2.12. The van der Waals surface area contributed by atoms with Crippen molar-refractivity contribution in [1.29, 1.82) is 0 Å². The minimum absolute atomic E-state index is 0.0494. The highest BCUT2D eigenvalue weighted by Crippen LogP contribution is 2.24. The van der Waals surface area contributed by atoms with Crippen LogP contribution in [-0.2, 0) is 0 Å².